The summed E-state index contributed by atoms with van der Waals surface area (Å²) in [6, 6.07) is 7.68. The smallest absolute Gasteiger partial charge is 0.250 e. The van der Waals surface area contributed by atoms with Gasteiger partial charge in [0.1, 0.15) is 5.82 Å². The highest BCUT2D eigenvalue weighted by atomic mass is 35.5. The lowest BCUT2D eigenvalue weighted by atomic mass is 9.80. The number of halogens is 1. The molecule has 3 rings (SSSR count). The Morgan fingerprint density at radius 2 is 1.92 bits per heavy atom. The van der Waals surface area contributed by atoms with E-state index in [1.807, 2.05) is 68.5 Å². The van der Waals surface area contributed by atoms with Crippen LogP contribution >= 0.6 is 11.6 Å². The van der Waals surface area contributed by atoms with Crippen molar-refractivity contribution >= 4 is 34.1 Å². The van der Waals surface area contributed by atoms with Crippen molar-refractivity contribution in [2.75, 3.05) is 11.9 Å². The molecule has 5 heteroatoms. The summed E-state index contributed by atoms with van der Waals surface area (Å²) >= 11 is 6.21. The van der Waals surface area contributed by atoms with Gasteiger partial charge in [0.15, 0.2) is 0 Å². The number of nitrogens with one attached hydrogen (secondary N) is 2. The summed E-state index contributed by atoms with van der Waals surface area (Å²) in [7, 11) is 0. The predicted molar refractivity (Wildman–Crippen MR) is 168 cm³/mol. The molecule has 0 saturated heterocycles. The van der Waals surface area contributed by atoms with Crippen molar-refractivity contribution in [3.05, 3.63) is 108 Å². The first-order valence-electron chi connectivity index (χ1n) is 14.0. The Hall–Kier alpha value is -3.37. The van der Waals surface area contributed by atoms with Gasteiger partial charge in [0.25, 0.3) is 5.91 Å². The average molecular weight is 544 g/mol. The van der Waals surface area contributed by atoms with E-state index < -0.39 is 0 Å². The van der Waals surface area contributed by atoms with Crippen LogP contribution < -0.4 is 10.6 Å². The Kier molecular flexibility index (Phi) is 12.3. The summed E-state index contributed by atoms with van der Waals surface area (Å²) in [6.07, 6.45) is 25.3. The molecule has 4 nitrogen and oxygen atoms in total. The second-order valence-electron chi connectivity index (χ2n) is 10.2. The van der Waals surface area contributed by atoms with Crippen LogP contribution in [0.2, 0.25) is 5.02 Å². The van der Waals surface area contributed by atoms with Crippen molar-refractivity contribution in [3.63, 3.8) is 0 Å². The van der Waals surface area contributed by atoms with Crippen molar-refractivity contribution in [3.8, 4) is 0 Å². The van der Waals surface area contributed by atoms with Gasteiger partial charge in [-0.1, -0.05) is 98.4 Å². The lowest BCUT2D eigenvalue weighted by Crippen LogP contribution is -2.31. The molecule has 1 heterocycles. The molecule has 1 amide bonds. The largest absolute Gasteiger partial charge is 0.351 e. The zero-order valence-electron chi connectivity index (χ0n) is 23.6. The third kappa shape index (κ3) is 9.71. The number of nitrogens with zero attached hydrogens (tertiary/aromatic N) is 1. The van der Waals surface area contributed by atoms with Crippen molar-refractivity contribution in [1.82, 2.24) is 10.3 Å². The molecule has 1 aliphatic carbocycles. The van der Waals surface area contributed by atoms with Crippen LogP contribution in [0.4, 0.5) is 5.82 Å². The Morgan fingerprint density at radius 1 is 1.13 bits per heavy atom. The first-order valence-corrected chi connectivity index (χ1v) is 14.4. The monoisotopic (exact) mass is 543 g/mol. The van der Waals surface area contributed by atoms with Gasteiger partial charge in [-0.25, -0.2) is 4.98 Å². The van der Waals surface area contributed by atoms with E-state index in [9.17, 15) is 4.79 Å². The van der Waals surface area contributed by atoms with Gasteiger partial charge in [-0.3, -0.25) is 4.79 Å². The van der Waals surface area contributed by atoms with E-state index in [1.54, 1.807) is 12.3 Å². The van der Waals surface area contributed by atoms with Gasteiger partial charge in [0, 0.05) is 34.4 Å². The standard InChI is InChI=1S/C34H42ClN3O/c1-5-7-8-10-13-25(3)29(22-27-14-11-9-12-15-27)24-37-34(39)26(4)16-19-31(6-2)38-33-32-23-30(35)18-17-28(32)20-21-36-33/h5-8,10,13,16-21,23,27,29H,4,9,11-12,14-15,22,24H2,1-3H3,(H,36,38)(H,37,39)/b7-5+,10-8-,19-16-,25-13+,31-6+. The topological polar surface area (TPSA) is 54.0 Å². The number of amides is 1. The van der Waals surface area contributed by atoms with E-state index >= 15 is 0 Å². The summed E-state index contributed by atoms with van der Waals surface area (Å²) in [5.41, 5.74) is 2.52. The van der Waals surface area contributed by atoms with Crippen molar-refractivity contribution in [1.29, 1.82) is 0 Å². The molecule has 2 aromatic rings. The number of pyridine rings is 1. The highest BCUT2D eigenvalue weighted by molar-refractivity contribution is 6.31. The van der Waals surface area contributed by atoms with E-state index in [0.717, 1.165) is 28.8 Å². The molecule has 1 saturated carbocycles. The van der Waals surface area contributed by atoms with Gasteiger partial charge in [-0.2, -0.15) is 0 Å². The maximum atomic E-state index is 13.0. The molecule has 0 spiro atoms. The maximum absolute atomic E-state index is 13.0. The van der Waals surface area contributed by atoms with Gasteiger partial charge in [-0.05, 0) is 74.8 Å². The molecule has 0 radical (unpaired) electrons. The molecule has 0 bridgehead atoms. The molecule has 1 fully saturated rings. The Morgan fingerprint density at radius 3 is 2.67 bits per heavy atom. The van der Waals surface area contributed by atoms with E-state index in [4.69, 9.17) is 11.6 Å². The zero-order valence-corrected chi connectivity index (χ0v) is 24.3. The van der Waals surface area contributed by atoms with E-state index in [-0.39, 0.29) is 5.91 Å². The SMILES string of the molecule is C=C(/C=C\C(=C/C)Nc1nccc2ccc(Cl)cc12)C(=O)NCC(CC1CCCCC1)/C(C)=C/C=C\C=C\C. The number of fused-ring (bicyclic) bond motifs is 1. The van der Waals surface area contributed by atoms with Crippen LogP contribution in [0.1, 0.15) is 59.3 Å². The number of aromatic nitrogens is 1. The molecule has 1 atom stereocenters. The number of hydrogen-bond donors (Lipinski definition) is 2. The van der Waals surface area contributed by atoms with Gasteiger partial charge in [-0.15, -0.1) is 0 Å². The number of anilines is 1. The summed E-state index contributed by atoms with van der Waals surface area (Å²) in [6.45, 7) is 10.7. The molecule has 1 aromatic carbocycles. The lowest BCUT2D eigenvalue weighted by molar-refractivity contribution is -0.117. The molecule has 1 unspecified atom stereocenters. The van der Waals surface area contributed by atoms with Gasteiger partial charge >= 0.3 is 0 Å². The van der Waals surface area contributed by atoms with Gasteiger partial charge < -0.3 is 10.6 Å². The normalized spacial score (nSPS) is 16.4. The number of carbonyl (C=O) groups is 1. The minimum Gasteiger partial charge on any atom is -0.351 e. The molecule has 1 aromatic heterocycles. The molecular formula is C34H42ClN3O. The van der Waals surface area contributed by atoms with Crippen molar-refractivity contribution in [2.45, 2.75) is 59.3 Å². The molecule has 0 aliphatic heterocycles. The fraction of sp³-hybridized carbons (Fsp3) is 0.353. The number of rotatable bonds is 12. The summed E-state index contributed by atoms with van der Waals surface area (Å²) < 4.78 is 0. The van der Waals surface area contributed by atoms with Crippen LogP contribution in [-0.2, 0) is 4.79 Å². The second kappa shape index (κ2) is 15.9. The summed E-state index contributed by atoms with van der Waals surface area (Å²) in [4.78, 5) is 17.4. The number of hydrogen-bond acceptors (Lipinski definition) is 3. The third-order valence-corrected chi connectivity index (χ3v) is 7.56. The Labute approximate surface area is 239 Å². The molecule has 2 N–H and O–H groups in total. The minimum atomic E-state index is -0.150. The van der Waals surface area contributed by atoms with E-state index in [2.05, 4.69) is 41.3 Å². The molecular weight excluding hydrogens is 502 g/mol. The highest BCUT2D eigenvalue weighted by Gasteiger charge is 2.21. The lowest BCUT2D eigenvalue weighted by Gasteiger charge is -2.27. The molecule has 39 heavy (non-hydrogen) atoms. The van der Waals surface area contributed by atoms with E-state index in [0.29, 0.717) is 28.9 Å². The van der Waals surface area contributed by atoms with Gasteiger partial charge in [0.05, 0.1) is 0 Å². The average Bonchev–Trinajstić information content (AvgIpc) is 2.95. The van der Waals surface area contributed by atoms with Crippen molar-refractivity contribution < 1.29 is 4.79 Å². The predicted octanol–water partition coefficient (Wildman–Crippen LogP) is 9.10. The van der Waals surface area contributed by atoms with Crippen LogP contribution in [0.25, 0.3) is 10.8 Å². The fourth-order valence-corrected chi connectivity index (χ4v) is 5.13. The van der Waals surface area contributed by atoms with Crippen molar-refractivity contribution in [2.24, 2.45) is 11.8 Å². The van der Waals surface area contributed by atoms with Crippen LogP contribution in [0.15, 0.2) is 102 Å². The van der Waals surface area contributed by atoms with Crippen LogP contribution in [0.5, 0.6) is 0 Å². The first kappa shape index (κ1) is 30.2. The molecule has 1 aliphatic rings. The zero-order chi connectivity index (χ0) is 28.0. The number of benzene rings is 1. The maximum Gasteiger partial charge on any atom is 0.250 e. The highest BCUT2D eigenvalue weighted by Crippen LogP contribution is 2.31. The van der Waals surface area contributed by atoms with Crippen LogP contribution in [0.3, 0.4) is 0 Å². The third-order valence-electron chi connectivity index (χ3n) is 7.33. The summed E-state index contributed by atoms with van der Waals surface area (Å²) in [5.74, 6) is 1.59. The quantitative estimate of drug-likeness (QED) is 0.207. The number of carbonyl (C=O) groups excluding carboxylic acids is 1. The van der Waals surface area contributed by atoms with Crippen LogP contribution in [0, 0.1) is 11.8 Å². The van der Waals surface area contributed by atoms with Gasteiger partial charge in [0.2, 0.25) is 0 Å². The Bertz CT molecular complexity index is 1280. The first-order chi connectivity index (χ1) is 18.9. The molecule has 206 valence electrons. The minimum absolute atomic E-state index is 0.150. The fourth-order valence-electron chi connectivity index (χ4n) is 4.96. The number of allylic oxidation sites excluding steroid dienone is 7. The van der Waals surface area contributed by atoms with Crippen LogP contribution in [-0.4, -0.2) is 17.4 Å². The Balaban J connectivity index is 1.62. The van der Waals surface area contributed by atoms with E-state index in [1.165, 1.54) is 37.7 Å². The second-order valence-corrected chi connectivity index (χ2v) is 10.7. The summed E-state index contributed by atoms with van der Waals surface area (Å²) in [5, 5.41) is 9.12.